The summed E-state index contributed by atoms with van der Waals surface area (Å²) in [6, 6.07) is 12.2. The number of aryl methyl sites for hydroxylation is 1. The van der Waals surface area contributed by atoms with Gasteiger partial charge in [-0.2, -0.15) is 0 Å². The van der Waals surface area contributed by atoms with Crippen molar-refractivity contribution in [3.8, 4) is 0 Å². The lowest BCUT2D eigenvalue weighted by molar-refractivity contribution is 0.0950. The van der Waals surface area contributed by atoms with Crippen molar-refractivity contribution in [2.75, 3.05) is 5.32 Å². The smallest absolute Gasteiger partial charge is 0.257 e. The maximum atomic E-state index is 12.5. The average molecular weight is 381 g/mol. The number of benzene rings is 1. The Kier molecular flexibility index (Phi) is 5.78. The SMILES string of the molecule is Cc1cc(Cl)ccc1NC(=O)c1cncc(C(=O)NCc2ccccn2)c1. The van der Waals surface area contributed by atoms with Gasteiger partial charge in [-0.15, -0.1) is 0 Å². The van der Waals surface area contributed by atoms with Crippen LogP contribution < -0.4 is 10.6 Å². The van der Waals surface area contributed by atoms with E-state index in [0.29, 0.717) is 22.8 Å². The van der Waals surface area contributed by atoms with Crippen molar-refractivity contribution in [1.82, 2.24) is 15.3 Å². The van der Waals surface area contributed by atoms with Crippen molar-refractivity contribution in [1.29, 1.82) is 0 Å². The van der Waals surface area contributed by atoms with Crippen molar-refractivity contribution in [3.63, 3.8) is 0 Å². The predicted octanol–water partition coefficient (Wildman–Crippen LogP) is 3.62. The molecule has 1 aromatic carbocycles. The van der Waals surface area contributed by atoms with Gasteiger partial charge in [0.2, 0.25) is 0 Å². The summed E-state index contributed by atoms with van der Waals surface area (Å²) in [6.45, 7) is 2.14. The number of anilines is 1. The maximum Gasteiger partial charge on any atom is 0.257 e. The second kappa shape index (κ2) is 8.42. The Labute approximate surface area is 161 Å². The molecule has 0 spiro atoms. The van der Waals surface area contributed by atoms with Crippen LogP contribution in [0.25, 0.3) is 0 Å². The van der Waals surface area contributed by atoms with E-state index in [1.807, 2.05) is 19.1 Å². The van der Waals surface area contributed by atoms with Crippen LogP contribution in [0.15, 0.2) is 61.1 Å². The van der Waals surface area contributed by atoms with Crippen LogP contribution in [-0.4, -0.2) is 21.8 Å². The molecule has 3 aromatic rings. The molecule has 2 heterocycles. The lowest BCUT2D eigenvalue weighted by Crippen LogP contribution is -2.24. The van der Waals surface area contributed by atoms with E-state index in [2.05, 4.69) is 20.6 Å². The third kappa shape index (κ3) is 4.89. The van der Waals surface area contributed by atoms with Crippen LogP contribution in [0.3, 0.4) is 0 Å². The summed E-state index contributed by atoms with van der Waals surface area (Å²) in [5, 5.41) is 6.15. The summed E-state index contributed by atoms with van der Waals surface area (Å²) in [4.78, 5) is 32.9. The fourth-order valence-corrected chi connectivity index (χ4v) is 2.65. The Morgan fingerprint density at radius 3 is 2.52 bits per heavy atom. The molecule has 0 fully saturated rings. The Morgan fingerprint density at radius 2 is 1.81 bits per heavy atom. The molecule has 2 aromatic heterocycles. The highest BCUT2D eigenvalue weighted by Gasteiger charge is 2.12. The minimum atomic E-state index is -0.354. The van der Waals surface area contributed by atoms with Crippen molar-refractivity contribution >= 4 is 29.1 Å². The first-order chi connectivity index (χ1) is 13.0. The molecule has 7 heteroatoms. The molecule has 136 valence electrons. The molecule has 0 saturated heterocycles. The van der Waals surface area contributed by atoms with Gasteiger partial charge >= 0.3 is 0 Å². The number of carbonyl (C=O) groups is 2. The minimum absolute atomic E-state index is 0.287. The van der Waals surface area contributed by atoms with Gasteiger partial charge < -0.3 is 10.6 Å². The van der Waals surface area contributed by atoms with Crippen LogP contribution >= 0.6 is 11.6 Å². The first-order valence-electron chi connectivity index (χ1n) is 8.23. The molecule has 2 amide bonds. The van der Waals surface area contributed by atoms with Crippen LogP contribution in [0.1, 0.15) is 32.0 Å². The first-order valence-corrected chi connectivity index (χ1v) is 8.61. The third-order valence-electron chi connectivity index (χ3n) is 3.86. The molecule has 0 saturated carbocycles. The highest BCUT2D eigenvalue weighted by molar-refractivity contribution is 6.30. The van der Waals surface area contributed by atoms with Gasteiger partial charge in [-0.25, -0.2) is 0 Å². The lowest BCUT2D eigenvalue weighted by atomic mass is 10.1. The molecule has 0 aliphatic carbocycles. The fraction of sp³-hybridized carbons (Fsp3) is 0.100. The van der Waals surface area contributed by atoms with Gasteiger partial charge in [-0.05, 0) is 48.9 Å². The van der Waals surface area contributed by atoms with Gasteiger partial charge in [-0.3, -0.25) is 19.6 Å². The molecule has 0 aliphatic heterocycles. The number of nitrogens with zero attached hydrogens (tertiary/aromatic N) is 2. The quantitative estimate of drug-likeness (QED) is 0.708. The van der Waals surface area contributed by atoms with Crippen LogP contribution in [0.4, 0.5) is 5.69 Å². The van der Waals surface area contributed by atoms with E-state index in [9.17, 15) is 9.59 Å². The number of pyridine rings is 2. The standard InChI is InChI=1S/C20H17ClN4O2/c1-13-8-16(21)5-6-18(13)25-20(27)15-9-14(10-22-11-15)19(26)24-12-17-4-2-3-7-23-17/h2-11H,12H2,1H3,(H,24,26)(H,25,27). The van der Waals surface area contributed by atoms with Crippen LogP contribution in [-0.2, 0) is 6.54 Å². The van der Waals surface area contributed by atoms with E-state index >= 15 is 0 Å². The Morgan fingerprint density at radius 1 is 1.04 bits per heavy atom. The normalized spacial score (nSPS) is 10.3. The van der Waals surface area contributed by atoms with Crippen molar-refractivity contribution in [3.05, 3.63) is 88.5 Å². The summed E-state index contributed by atoms with van der Waals surface area (Å²) in [7, 11) is 0. The Hall–Kier alpha value is -3.25. The number of amides is 2. The fourth-order valence-electron chi connectivity index (χ4n) is 2.43. The monoisotopic (exact) mass is 380 g/mol. The molecule has 27 heavy (non-hydrogen) atoms. The molecule has 0 aliphatic rings. The van der Waals surface area contributed by atoms with Crippen molar-refractivity contribution in [2.24, 2.45) is 0 Å². The van der Waals surface area contributed by atoms with Gasteiger partial charge in [-0.1, -0.05) is 17.7 Å². The van der Waals surface area contributed by atoms with Crippen molar-refractivity contribution in [2.45, 2.75) is 13.5 Å². The number of halogens is 1. The first kappa shape index (κ1) is 18.5. The van der Waals surface area contributed by atoms with Crippen LogP contribution in [0, 0.1) is 6.92 Å². The van der Waals surface area contributed by atoms with Gasteiger partial charge in [0.05, 0.1) is 23.4 Å². The second-order valence-electron chi connectivity index (χ2n) is 5.88. The predicted molar refractivity (Wildman–Crippen MR) is 104 cm³/mol. The second-order valence-corrected chi connectivity index (χ2v) is 6.32. The number of nitrogens with one attached hydrogen (secondary N) is 2. The summed E-state index contributed by atoms with van der Waals surface area (Å²) in [6.07, 6.45) is 4.49. The zero-order valence-electron chi connectivity index (χ0n) is 14.6. The summed E-state index contributed by atoms with van der Waals surface area (Å²) >= 11 is 5.93. The van der Waals surface area contributed by atoms with E-state index in [0.717, 1.165) is 11.3 Å². The number of carbonyl (C=O) groups excluding carboxylic acids is 2. The number of rotatable bonds is 5. The largest absolute Gasteiger partial charge is 0.346 e. The van der Waals surface area contributed by atoms with Crippen LogP contribution in [0.2, 0.25) is 5.02 Å². The zero-order valence-corrected chi connectivity index (χ0v) is 15.3. The van der Waals surface area contributed by atoms with Gasteiger partial charge in [0.1, 0.15) is 0 Å². The van der Waals surface area contributed by atoms with Crippen molar-refractivity contribution < 1.29 is 9.59 Å². The number of hydrogen-bond acceptors (Lipinski definition) is 4. The van der Waals surface area contributed by atoms with Crippen LogP contribution in [0.5, 0.6) is 0 Å². The molecule has 2 N–H and O–H groups in total. The molecule has 0 atom stereocenters. The molecular weight excluding hydrogens is 364 g/mol. The summed E-state index contributed by atoms with van der Waals surface area (Å²) < 4.78 is 0. The van der Waals surface area contributed by atoms with E-state index < -0.39 is 0 Å². The number of hydrogen-bond donors (Lipinski definition) is 2. The molecular formula is C20H17ClN4O2. The van der Waals surface area contributed by atoms with Gasteiger partial charge in [0, 0.05) is 29.3 Å². The number of aromatic nitrogens is 2. The van der Waals surface area contributed by atoms with Gasteiger partial charge in [0.25, 0.3) is 11.8 Å². The third-order valence-corrected chi connectivity index (χ3v) is 4.09. The van der Waals surface area contributed by atoms with Gasteiger partial charge in [0.15, 0.2) is 0 Å². The molecule has 0 radical (unpaired) electrons. The maximum absolute atomic E-state index is 12.5. The topological polar surface area (TPSA) is 84.0 Å². The zero-order chi connectivity index (χ0) is 19.2. The summed E-state index contributed by atoms with van der Waals surface area (Å²) in [5.41, 5.74) is 2.81. The highest BCUT2D eigenvalue weighted by atomic mass is 35.5. The average Bonchev–Trinajstić information content (AvgIpc) is 2.69. The molecule has 3 rings (SSSR count). The van der Waals surface area contributed by atoms with E-state index in [4.69, 9.17) is 11.6 Å². The molecule has 0 bridgehead atoms. The van der Waals surface area contributed by atoms with E-state index in [-0.39, 0.29) is 17.4 Å². The Bertz CT molecular complexity index is 977. The lowest BCUT2D eigenvalue weighted by Gasteiger charge is -2.09. The molecule has 6 nitrogen and oxygen atoms in total. The van der Waals surface area contributed by atoms with E-state index in [1.54, 1.807) is 30.5 Å². The minimum Gasteiger partial charge on any atom is -0.346 e. The molecule has 0 unspecified atom stereocenters. The highest BCUT2D eigenvalue weighted by Crippen LogP contribution is 2.20. The Balaban J connectivity index is 1.68. The van der Waals surface area contributed by atoms with E-state index in [1.165, 1.54) is 18.5 Å². The summed E-state index contributed by atoms with van der Waals surface area (Å²) in [5.74, 6) is -0.683.